The third-order valence-electron chi connectivity index (χ3n) is 1.63. The summed E-state index contributed by atoms with van der Waals surface area (Å²) in [6.45, 7) is 0. The van der Waals surface area contributed by atoms with Crippen LogP contribution >= 0.6 is 0 Å². The first kappa shape index (κ1) is 17.8. The Morgan fingerprint density at radius 1 is 1.00 bits per heavy atom. The van der Waals surface area contributed by atoms with Crippen molar-refractivity contribution in [3.05, 3.63) is 35.9 Å². The van der Waals surface area contributed by atoms with E-state index in [4.69, 9.17) is 10.2 Å². The van der Waals surface area contributed by atoms with Crippen LogP contribution in [0.4, 0.5) is 0 Å². The Morgan fingerprint density at radius 3 is 1.73 bits per heavy atom. The van der Waals surface area contributed by atoms with Crippen molar-refractivity contribution in [1.82, 2.24) is 0 Å². The van der Waals surface area contributed by atoms with Crippen molar-refractivity contribution in [2.45, 2.75) is 5.92 Å². The van der Waals surface area contributed by atoms with Gasteiger partial charge in [0.1, 0.15) is 0 Å². The predicted molar refractivity (Wildman–Crippen MR) is 58.8 cm³/mol. The maximum absolute atomic E-state index is 10.6. The van der Waals surface area contributed by atoms with Gasteiger partial charge in [-0.1, -0.05) is 30.3 Å². The van der Waals surface area contributed by atoms with Gasteiger partial charge < -0.3 is 10.2 Å². The van der Waals surface area contributed by atoms with E-state index in [9.17, 15) is 9.59 Å². The molecule has 72 valence electrons. The zero-order chi connectivity index (χ0) is 9.84. The first-order chi connectivity index (χ1) is 6.13. The van der Waals surface area contributed by atoms with Gasteiger partial charge in [-0.3, -0.25) is 9.59 Å². The molecule has 0 heterocycles. The molecule has 6 heteroatoms. The van der Waals surface area contributed by atoms with E-state index in [1.165, 1.54) is 12.1 Å². The molecule has 0 saturated heterocycles. The van der Waals surface area contributed by atoms with E-state index in [1.54, 1.807) is 18.2 Å². The van der Waals surface area contributed by atoms with Crippen molar-refractivity contribution < 1.29 is 19.8 Å². The molecule has 0 fully saturated rings. The monoisotopic (exact) mass is 228 g/mol. The van der Waals surface area contributed by atoms with Gasteiger partial charge in [-0.05, 0) is 5.56 Å². The first-order valence-corrected chi connectivity index (χ1v) is 3.63. The number of carboxylic acid groups (broad SMARTS) is 2. The molecular weight excluding hydrogens is 218 g/mol. The Labute approximate surface area is 142 Å². The van der Waals surface area contributed by atoms with Gasteiger partial charge >= 0.3 is 82.2 Å². The van der Waals surface area contributed by atoms with E-state index in [0.717, 1.165) is 0 Å². The summed E-state index contributed by atoms with van der Waals surface area (Å²) >= 11 is 0. The molecular formula is C9H10KLiO4. The fourth-order valence-corrected chi connectivity index (χ4v) is 1.04. The molecule has 0 saturated carbocycles. The second kappa shape index (κ2) is 8.53. The molecule has 1 aromatic carbocycles. The number of hydrogen-bond acceptors (Lipinski definition) is 2. The van der Waals surface area contributed by atoms with Crippen LogP contribution in [0, 0.1) is 0 Å². The van der Waals surface area contributed by atoms with Crippen LogP contribution in [0.15, 0.2) is 30.3 Å². The van der Waals surface area contributed by atoms with Crippen LogP contribution in [0.2, 0.25) is 0 Å². The molecule has 0 unspecified atom stereocenters. The van der Waals surface area contributed by atoms with Crippen molar-refractivity contribution in [2.24, 2.45) is 0 Å². The Morgan fingerprint density at radius 2 is 1.40 bits per heavy atom. The second-order valence-electron chi connectivity index (χ2n) is 2.52. The van der Waals surface area contributed by atoms with Crippen LogP contribution in [-0.2, 0) is 9.59 Å². The van der Waals surface area contributed by atoms with Crippen LogP contribution in [0.25, 0.3) is 0 Å². The van der Waals surface area contributed by atoms with Crippen LogP contribution in [-0.4, -0.2) is 92.4 Å². The van der Waals surface area contributed by atoms with E-state index in [2.05, 4.69) is 0 Å². The molecule has 1 aromatic rings. The number of carbonyl (C=O) groups is 2. The standard InChI is InChI=1S/C9H8O4.K.Li.2H/c10-8(11)7(9(12)13)6-4-2-1-3-5-6;;;;/h1-5,7H,(H,10,11)(H,12,13);;;;. The number of rotatable bonds is 3. The van der Waals surface area contributed by atoms with Gasteiger partial charge in [0.05, 0.1) is 0 Å². The summed E-state index contributed by atoms with van der Waals surface area (Å²) in [4.78, 5) is 21.1. The van der Waals surface area contributed by atoms with E-state index in [-0.39, 0.29) is 75.8 Å². The quantitative estimate of drug-likeness (QED) is 0.547. The van der Waals surface area contributed by atoms with Crippen LogP contribution < -0.4 is 0 Å². The summed E-state index contributed by atoms with van der Waals surface area (Å²) in [5, 5.41) is 17.2. The van der Waals surface area contributed by atoms with Gasteiger partial charge in [-0.25, -0.2) is 0 Å². The molecule has 2 N–H and O–H groups in total. The number of benzene rings is 1. The molecule has 0 atom stereocenters. The van der Waals surface area contributed by atoms with Crippen LogP contribution in [0.3, 0.4) is 0 Å². The third-order valence-corrected chi connectivity index (χ3v) is 1.63. The van der Waals surface area contributed by atoms with Crippen molar-refractivity contribution in [1.29, 1.82) is 0 Å². The Kier molecular flexibility index (Phi) is 10.1. The predicted octanol–water partition coefficient (Wildman–Crippen LogP) is -0.358. The van der Waals surface area contributed by atoms with E-state index in [0.29, 0.717) is 0 Å². The fourth-order valence-electron chi connectivity index (χ4n) is 1.04. The Hall–Kier alpha value is 0.394. The molecule has 0 aliphatic rings. The zero-order valence-electron chi connectivity index (χ0n) is 6.68. The van der Waals surface area contributed by atoms with E-state index >= 15 is 0 Å². The van der Waals surface area contributed by atoms with Crippen LogP contribution in [0.1, 0.15) is 11.5 Å². The zero-order valence-corrected chi connectivity index (χ0v) is 6.68. The first-order valence-electron chi connectivity index (χ1n) is 3.63. The molecule has 0 aliphatic heterocycles. The molecule has 1 rings (SSSR count). The average molecular weight is 228 g/mol. The number of aliphatic carboxylic acids is 2. The summed E-state index contributed by atoms with van der Waals surface area (Å²) in [7, 11) is 0. The molecule has 0 aromatic heterocycles. The molecule has 4 nitrogen and oxygen atoms in total. The third kappa shape index (κ3) is 5.32. The maximum atomic E-state index is 10.6. The molecule has 0 spiro atoms. The Balaban J connectivity index is 0. The van der Waals surface area contributed by atoms with Gasteiger partial charge in [-0.15, -0.1) is 0 Å². The van der Waals surface area contributed by atoms with E-state index in [1.807, 2.05) is 0 Å². The number of hydrogen-bond donors (Lipinski definition) is 2. The van der Waals surface area contributed by atoms with Crippen LogP contribution in [0.5, 0.6) is 0 Å². The molecule has 0 bridgehead atoms. The van der Waals surface area contributed by atoms with Gasteiger partial charge in [0.25, 0.3) is 0 Å². The summed E-state index contributed by atoms with van der Waals surface area (Å²) < 4.78 is 0. The number of carboxylic acids is 2. The van der Waals surface area contributed by atoms with Crippen molar-refractivity contribution in [3.63, 3.8) is 0 Å². The van der Waals surface area contributed by atoms with Crippen molar-refractivity contribution >= 4 is 82.2 Å². The Bertz CT molecular complexity index is 314. The molecule has 0 radical (unpaired) electrons. The summed E-state index contributed by atoms with van der Waals surface area (Å²) in [6.07, 6.45) is 0. The van der Waals surface area contributed by atoms with Gasteiger partial charge in [0, 0.05) is 0 Å². The van der Waals surface area contributed by atoms with Gasteiger partial charge in [0.15, 0.2) is 5.92 Å². The van der Waals surface area contributed by atoms with Crippen molar-refractivity contribution in [3.8, 4) is 0 Å². The fraction of sp³-hybridized carbons (Fsp3) is 0.111. The second-order valence-corrected chi connectivity index (χ2v) is 2.52. The molecule has 15 heavy (non-hydrogen) atoms. The SMILES string of the molecule is O=C(O)C(C(=O)O)c1ccccc1.[KH].[LiH]. The van der Waals surface area contributed by atoms with Crippen molar-refractivity contribution in [2.75, 3.05) is 0 Å². The van der Waals surface area contributed by atoms with Gasteiger partial charge in [-0.2, -0.15) is 0 Å². The summed E-state index contributed by atoms with van der Waals surface area (Å²) in [5.74, 6) is -4.17. The van der Waals surface area contributed by atoms with E-state index < -0.39 is 17.9 Å². The minimum absolute atomic E-state index is 0. The summed E-state index contributed by atoms with van der Waals surface area (Å²) in [5.41, 5.74) is 0.280. The molecule has 0 amide bonds. The minimum atomic E-state index is -1.47. The topological polar surface area (TPSA) is 74.6 Å². The van der Waals surface area contributed by atoms with Gasteiger partial charge in [0.2, 0.25) is 0 Å². The molecule has 0 aliphatic carbocycles. The average Bonchev–Trinajstić information content (AvgIpc) is 2.04. The summed E-state index contributed by atoms with van der Waals surface area (Å²) in [6, 6.07) is 7.87. The normalized spacial score (nSPS) is 8.60.